The smallest absolute Gasteiger partial charge is 0.407 e. The van der Waals surface area contributed by atoms with Crippen molar-refractivity contribution in [1.29, 1.82) is 0 Å². The number of nitrogens with one attached hydrogen (secondary N) is 1. The monoisotopic (exact) mass is 397 g/mol. The van der Waals surface area contributed by atoms with E-state index in [2.05, 4.69) is 17.4 Å². The first kappa shape index (κ1) is 20.9. The minimum Gasteiger partial charge on any atom is -0.480 e. The Morgan fingerprint density at radius 3 is 2.10 bits per heavy atom. The Morgan fingerprint density at radius 1 is 1.03 bits per heavy atom. The van der Waals surface area contributed by atoms with Crippen molar-refractivity contribution >= 4 is 12.1 Å². The number of carboxylic acid groups (broad SMARTS) is 1. The summed E-state index contributed by atoms with van der Waals surface area (Å²) in [6, 6.07) is 15.0. The molecule has 0 fully saturated rings. The second-order valence-electron chi connectivity index (χ2n) is 8.11. The van der Waals surface area contributed by atoms with Crippen LogP contribution < -0.4 is 5.32 Å². The zero-order chi connectivity index (χ0) is 21.0. The van der Waals surface area contributed by atoms with Crippen molar-refractivity contribution in [3.63, 3.8) is 0 Å². The van der Waals surface area contributed by atoms with Crippen LogP contribution in [0.5, 0.6) is 0 Å². The Bertz CT molecular complexity index is 841. The third kappa shape index (κ3) is 5.15. The topological polar surface area (TPSA) is 84.9 Å². The molecule has 0 unspecified atom stereocenters. The number of rotatable bonds is 7. The molecule has 1 amide bonds. The molecule has 2 aromatic carbocycles. The van der Waals surface area contributed by atoms with Gasteiger partial charge in [-0.25, -0.2) is 9.59 Å². The van der Waals surface area contributed by atoms with Crippen LogP contribution in [0.15, 0.2) is 48.5 Å². The van der Waals surface area contributed by atoms with Crippen molar-refractivity contribution in [1.82, 2.24) is 5.32 Å². The molecule has 154 valence electrons. The fraction of sp³-hybridized carbons (Fsp3) is 0.391. The second kappa shape index (κ2) is 8.66. The Morgan fingerprint density at radius 2 is 1.59 bits per heavy atom. The van der Waals surface area contributed by atoms with Gasteiger partial charge in [0.05, 0.1) is 5.60 Å². The fourth-order valence-corrected chi connectivity index (χ4v) is 3.52. The lowest BCUT2D eigenvalue weighted by atomic mass is 9.98. The number of carboxylic acids is 1. The highest BCUT2D eigenvalue weighted by atomic mass is 16.5. The van der Waals surface area contributed by atoms with Crippen LogP contribution in [-0.2, 0) is 14.3 Å². The van der Waals surface area contributed by atoms with Gasteiger partial charge in [0.2, 0.25) is 0 Å². The molecule has 6 heteroatoms. The van der Waals surface area contributed by atoms with E-state index in [1.54, 1.807) is 0 Å². The van der Waals surface area contributed by atoms with Gasteiger partial charge in [-0.1, -0.05) is 48.5 Å². The Kier molecular flexibility index (Phi) is 6.23. The Hall–Kier alpha value is -2.86. The van der Waals surface area contributed by atoms with Crippen molar-refractivity contribution in [3.8, 4) is 11.1 Å². The molecular weight excluding hydrogens is 370 g/mol. The first-order valence-corrected chi connectivity index (χ1v) is 9.74. The maximum Gasteiger partial charge on any atom is 0.407 e. The molecule has 1 aliphatic carbocycles. The highest BCUT2D eigenvalue weighted by Crippen LogP contribution is 2.44. The standard InChI is InChI=1S/C23H27NO5/c1-23(2,3)29-13-12-20(21(25)26)24-22(27)28-14-19-17-10-6-4-8-15(17)16-9-5-7-11-18(16)19/h4-11,19-20H,12-14H2,1-3H3,(H,24,27)(H,25,26)/t20-/m1/s1. The molecule has 0 bridgehead atoms. The number of carbonyl (C=O) groups excluding carboxylic acids is 1. The molecule has 0 saturated heterocycles. The van der Waals surface area contributed by atoms with Crippen molar-refractivity contribution < 1.29 is 24.2 Å². The van der Waals surface area contributed by atoms with Crippen molar-refractivity contribution in [2.75, 3.05) is 13.2 Å². The lowest BCUT2D eigenvalue weighted by molar-refractivity contribution is -0.140. The first-order chi connectivity index (χ1) is 13.8. The lowest BCUT2D eigenvalue weighted by Crippen LogP contribution is -2.42. The summed E-state index contributed by atoms with van der Waals surface area (Å²) in [6.45, 7) is 6.04. The van der Waals surface area contributed by atoms with Crippen molar-refractivity contribution in [3.05, 3.63) is 59.7 Å². The van der Waals surface area contributed by atoms with E-state index >= 15 is 0 Å². The molecule has 1 aliphatic rings. The molecule has 2 N–H and O–H groups in total. The van der Waals surface area contributed by atoms with Gasteiger partial charge in [0.15, 0.2) is 0 Å². The molecule has 29 heavy (non-hydrogen) atoms. The van der Waals surface area contributed by atoms with Crippen LogP contribution >= 0.6 is 0 Å². The molecule has 3 rings (SSSR count). The zero-order valence-corrected chi connectivity index (χ0v) is 17.0. The maximum atomic E-state index is 12.3. The summed E-state index contributed by atoms with van der Waals surface area (Å²) in [6.07, 6.45) is -0.577. The number of benzene rings is 2. The normalized spacial score (nSPS) is 14.0. The van der Waals surface area contributed by atoms with Gasteiger partial charge in [-0.05, 0) is 43.0 Å². The molecular formula is C23H27NO5. The Labute approximate surface area is 170 Å². The SMILES string of the molecule is CC(C)(C)OCC[C@@H](NC(=O)OCC1c2ccccc2-c2ccccc21)C(=O)O. The van der Waals surface area contributed by atoms with Gasteiger partial charge in [-0.2, -0.15) is 0 Å². The molecule has 0 heterocycles. The number of ether oxygens (including phenoxy) is 2. The van der Waals surface area contributed by atoms with E-state index in [-0.39, 0.29) is 31.2 Å². The number of amides is 1. The minimum absolute atomic E-state index is 0.0688. The largest absolute Gasteiger partial charge is 0.480 e. The number of hydrogen-bond donors (Lipinski definition) is 2. The van der Waals surface area contributed by atoms with Gasteiger partial charge in [0, 0.05) is 18.9 Å². The van der Waals surface area contributed by atoms with Crippen molar-refractivity contribution in [2.45, 2.75) is 44.8 Å². The average Bonchev–Trinajstić information content (AvgIpc) is 2.98. The van der Waals surface area contributed by atoms with Crippen LogP contribution in [0.4, 0.5) is 4.79 Å². The average molecular weight is 397 g/mol. The Balaban J connectivity index is 1.61. The van der Waals surface area contributed by atoms with Crippen LogP contribution in [0.1, 0.15) is 44.2 Å². The molecule has 2 aromatic rings. The number of alkyl carbamates (subject to hydrolysis) is 1. The second-order valence-corrected chi connectivity index (χ2v) is 8.11. The number of hydrogen-bond acceptors (Lipinski definition) is 4. The molecule has 6 nitrogen and oxygen atoms in total. The van der Waals surface area contributed by atoms with Gasteiger partial charge in [-0.15, -0.1) is 0 Å². The first-order valence-electron chi connectivity index (χ1n) is 9.74. The van der Waals surface area contributed by atoms with Crippen LogP contribution in [-0.4, -0.2) is 42.0 Å². The summed E-state index contributed by atoms with van der Waals surface area (Å²) >= 11 is 0. The summed E-state index contributed by atoms with van der Waals surface area (Å²) in [5, 5.41) is 11.8. The van der Waals surface area contributed by atoms with E-state index in [0.717, 1.165) is 22.3 Å². The maximum absolute atomic E-state index is 12.3. The summed E-state index contributed by atoms with van der Waals surface area (Å²) < 4.78 is 11.0. The highest BCUT2D eigenvalue weighted by molar-refractivity contribution is 5.81. The van der Waals surface area contributed by atoms with E-state index < -0.39 is 18.1 Å². The van der Waals surface area contributed by atoms with Gasteiger partial charge < -0.3 is 19.9 Å². The molecule has 1 atom stereocenters. The minimum atomic E-state index is -1.11. The van der Waals surface area contributed by atoms with Crippen molar-refractivity contribution in [2.24, 2.45) is 0 Å². The van der Waals surface area contributed by atoms with E-state index in [0.29, 0.717) is 0 Å². The predicted molar refractivity (Wildman–Crippen MR) is 110 cm³/mol. The number of fused-ring (bicyclic) bond motifs is 3. The van der Waals surface area contributed by atoms with Crippen LogP contribution in [0.3, 0.4) is 0 Å². The third-order valence-electron chi connectivity index (χ3n) is 4.88. The van der Waals surface area contributed by atoms with Crippen LogP contribution in [0.2, 0.25) is 0 Å². The summed E-state index contributed by atoms with van der Waals surface area (Å²) in [7, 11) is 0. The molecule has 0 saturated carbocycles. The van der Waals surface area contributed by atoms with Crippen LogP contribution in [0.25, 0.3) is 11.1 Å². The van der Waals surface area contributed by atoms with E-state index in [1.165, 1.54) is 0 Å². The number of aliphatic carboxylic acids is 1. The highest BCUT2D eigenvalue weighted by Gasteiger charge is 2.29. The lowest BCUT2D eigenvalue weighted by Gasteiger charge is -2.21. The van der Waals surface area contributed by atoms with E-state index in [1.807, 2.05) is 57.2 Å². The molecule has 0 aliphatic heterocycles. The zero-order valence-electron chi connectivity index (χ0n) is 17.0. The van der Waals surface area contributed by atoms with Gasteiger partial charge in [0.1, 0.15) is 12.6 Å². The fourth-order valence-electron chi connectivity index (χ4n) is 3.52. The number of carbonyl (C=O) groups is 2. The summed E-state index contributed by atoms with van der Waals surface area (Å²) in [5.74, 6) is -1.18. The summed E-state index contributed by atoms with van der Waals surface area (Å²) in [4.78, 5) is 23.7. The summed E-state index contributed by atoms with van der Waals surface area (Å²) in [5.41, 5.74) is 4.12. The quantitative estimate of drug-likeness (QED) is 0.732. The predicted octanol–water partition coefficient (Wildman–Crippen LogP) is 4.18. The van der Waals surface area contributed by atoms with Crippen LogP contribution in [0, 0.1) is 0 Å². The molecule has 0 aromatic heterocycles. The molecule has 0 spiro atoms. The molecule has 0 radical (unpaired) electrons. The van der Waals surface area contributed by atoms with Gasteiger partial charge in [-0.3, -0.25) is 0 Å². The van der Waals surface area contributed by atoms with E-state index in [4.69, 9.17) is 9.47 Å². The van der Waals surface area contributed by atoms with E-state index in [9.17, 15) is 14.7 Å². The van der Waals surface area contributed by atoms with Gasteiger partial charge >= 0.3 is 12.1 Å². The van der Waals surface area contributed by atoms with Gasteiger partial charge in [0.25, 0.3) is 0 Å². The third-order valence-corrected chi connectivity index (χ3v) is 4.88.